The standard InChI is InChI=1S/C13H16N4O.ClH/c1-9-5-4-6-10(15-9)11-16-12(17-18-11)13(14)7-2-3-8-13;/h4-6H,2-3,7-8,14H2,1H3;1H. The Bertz CT molecular complexity index is 563. The number of nitrogens with two attached hydrogens (primary N) is 1. The zero-order valence-corrected chi connectivity index (χ0v) is 11.6. The topological polar surface area (TPSA) is 77.8 Å². The van der Waals surface area contributed by atoms with Crippen molar-refractivity contribution in [1.29, 1.82) is 0 Å². The van der Waals surface area contributed by atoms with Gasteiger partial charge in [0.05, 0.1) is 5.54 Å². The van der Waals surface area contributed by atoms with Gasteiger partial charge in [-0.1, -0.05) is 24.1 Å². The number of hydrogen-bond acceptors (Lipinski definition) is 5. The lowest BCUT2D eigenvalue weighted by molar-refractivity contribution is 0.372. The number of aromatic nitrogens is 3. The normalized spacial score (nSPS) is 17.2. The van der Waals surface area contributed by atoms with Gasteiger partial charge in [0, 0.05) is 5.69 Å². The van der Waals surface area contributed by atoms with Crippen molar-refractivity contribution in [1.82, 2.24) is 15.1 Å². The molecule has 0 unspecified atom stereocenters. The summed E-state index contributed by atoms with van der Waals surface area (Å²) in [5, 5.41) is 4.02. The highest BCUT2D eigenvalue weighted by Crippen LogP contribution is 2.35. The summed E-state index contributed by atoms with van der Waals surface area (Å²) < 4.78 is 5.28. The molecule has 0 bridgehead atoms. The van der Waals surface area contributed by atoms with E-state index in [4.69, 9.17) is 10.3 Å². The molecule has 0 atom stereocenters. The number of aryl methyl sites for hydroxylation is 1. The summed E-state index contributed by atoms with van der Waals surface area (Å²) in [6, 6.07) is 5.72. The largest absolute Gasteiger partial charge is 0.332 e. The van der Waals surface area contributed by atoms with E-state index in [1.807, 2.05) is 25.1 Å². The molecule has 2 aromatic rings. The van der Waals surface area contributed by atoms with E-state index in [9.17, 15) is 0 Å². The van der Waals surface area contributed by atoms with E-state index in [0.29, 0.717) is 17.4 Å². The Kier molecular flexibility index (Phi) is 3.87. The summed E-state index contributed by atoms with van der Waals surface area (Å²) in [7, 11) is 0. The number of halogens is 1. The summed E-state index contributed by atoms with van der Waals surface area (Å²) in [4.78, 5) is 8.78. The van der Waals surface area contributed by atoms with Crippen molar-refractivity contribution in [2.24, 2.45) is 5.73 Å². The first-order chi connectivity index (χ1) is 8.67. The monoisotopic (exact) mass is 280 g/mol. The first-order valence-electron chi connectivity index (χ1n) is 6.24. The van der Waals surface area contributed by atoms with Crippen LogP contribution in [0.1, 0.15) is 37.2 Å². The lowest BCUT2D eigenvalue weighted by atomic mass is 9.99. The highest BCUT2D eigenvalue weighted by atomic mass is 35.5. The summed E-state index contributed by atoms with van der Waals surface area (Å²) in [5.74, 6) is 1.06. The van der Waals surface area contributed by atoms with Crippen LogP contribution < -0.4 is 5.73 Å². The Morgan fingerprint density at radius 3 is 2.63 bits per heavy atom. The molecule has 2 heterocycles. The fraction of sp³-hybridized carbons (Fsp3) is 0.462. The van der Waals surface area contributed by atoms with E-state index in [1.54, 1.807) is 0 Å². The second-order valence-corrected chi connectivity index (χ2v) is 4.95. The van der Waals surface area contributed by atoms with E-state index in [2.05, 4.69) is 15.1 Å². The Labute approximate surface area is 118 Å². The molecule has 19 heavy (non-hydrogen) atoms. The van der Waals surface area contributed by atoms with Crippen LogP contribution in [0.5, 0.6) is 0 Å². The minimum Gasteiger partial charge on any atom is -0.332 e. The molecule has 1 fully saturated rings. The molecule has 2 N–H and O–H groups in total. The van der Waals surface area contributed by atoms with Crippen LogP contribution in [0, 0.1) is 6.92 Å². The van der Waals surface area contributed by atoms with Crippen LogP contribution in [-0.4, -0.2) is 15.1 Å². The molecule has 0 saturated heterocycles. The third-order valence-electron chi connectivity index (χ3n) is 3.47. The Morgan fingerprint density at radius 2 is 1.95 bits per heavy atom. The van der Waals surface area contributed by atoms with Crippen molar-refractivity contribution >= 4 is 12.4 Å². The predicted octanol–water partition coefficient (Wildman–Crippen LogP) is 2.59. The minimum atomic E-state index is -0.411. The van der Waals surface area contributed by atoms with Gasteiger partial charge in [-0.2, -0.15) is 4.98 Å². The molecule has 1 aliphatic rings. The van der Waals surface area contributed by atoms with Crippen molar-refractivity contribution < 1.29 is 4.52 Å². The fourth-order valence-corrected chi connectivity index (χ4v) is 2.42. The summed E-state index contributed by atoms with van der Waals surface area (Å²) in [5.41, 5.74) is 7.52. The van der Waals surface area contributed by atoms with Crippen LogP contribution >= 0.6 is 12.4 Å². The number of rotatable bonds is 2. The van der Waals surface area contributed by atoms with Gasteiger partial charge in [-0.25, -0.2) is 4.98 Å². The van der Waals surface area contributed by atoms with Crippen molar-refractivity contribution in [2.45, 2.75) is 38.1 Å². The number of nitrogens with zero attached hydrogens (tertiary/aromatic N) is 3. The molecule has 6 heteroatoms. The van der Waals surface area contributed by atoms with Crippen molar-refractivity contribution in [3.63, 3.8) is 0 Å². The highest BCUT2D eigenvalue weighted by molar-refractivity contribution is 5.85. The number of pyridine rings is 1. The average Bonchev–Trinajstić information content (AvgIpc) is 2.98. The quantitative estimate of drug-likeness (QED) is 0.915. The third kappa shape index (κ3) is 2.62. The lowest BCUT2D eigenvalue weighted by Crippen LogP contribution is -2.34. The van der Waals surface area contributed by atoms with E-state index in [1.165, 1.54) is 0 Å². The van der Waals surface area contributed by atoms with Crippen LogP contribution in [0.2, 0.25) is 0 Å². The molecule has 0 amide bonds. The van der Waals surface area contributed by atoms with Gasteiger partial charge in [0.15, 0.2) is 5.82 Å². The van der Waals surface area contributed by atoms with Crippen LogP contribution in [-0.2, 0) is 5.54 Å². The van der Waals surface area contributed by atoms with E-state index in [0.717, 1.165) is 31.4 Å². The second-order valence-electron chi connectivity index (χ2n) is 4.95. The molecule has 102 valence electrons. The second kappa shape index (κ2) is 5.27. The molecule has 0 aromatic carbocycles. The first-order valence-corrected chi connectivity index (χ1v) is 6.24. The van der Waals surface area contributed by atoms with E-state index in [-0.39, 0.29) is 12.4 Å². The maximum atomic E-state index is 6.30. The highest BCUT2D eigenvalue weighted by Gasteiger charge is 2.36. The molecule has 0 radical (unpaired) electrons. The van der Waals surface area contributed by atoms with Gasteiger partial charge in [0.1, 0.15) is 5.69 Å². The first kappa shape index (κ1) is 14.0. The van der Waals surface area contributed by atoms with E-state index < -0.39 is 5.54 Å². The van der Waals surface area contributed by atoms with Crippen LogP contribution in [0.3, 0.4) is 0 Å². The maximum absolute atomic E-state index is 6.30. The molecule has 1 saturated carbocycles. The number of hydrogen-bond donors (Lipinski definition) is 1. The zero-order valence-electron chi connectivity index (χ0n) is 10.8. The van der Waals surface area contributed by atoms with Gasteiger partial charge in [0.2, 0.25) is 0 Å². The van der Waals surface area contributed by atoms with Gasteiger partial charge in [0.25, 0.3) is 5.89 Å². The molecular formula is C13H17ClN4O. The van der Waals surface area contributed by atoms with Gasteiger partial charge >= 0.3 is 0 Å². The summed E-state index contributed by atoms with van der Waals surface area (Å²) in [6.07, 6.45) is 4.10. The predicted molar refractivity (Wildman–Crippen MR) is 73.8 cm³/mol. The van der Waals surface area contributed by atoms with Crippen molar-refractivity contribution in [2.75, 3.05) is 0 Å². The Morgan fingerprint density at radius 1 is 1.21 bits per heavy atom. The van der Waals surface area contributed by atoms with Crippen molar-refractivity contribution in [3.05, 3.63) is 29.7 Å². The smallest absolute Gasteiger partial charge is 0.276 e. The molecule has 0 aliphatic heterocycles. The van der Waals surface area contributed by atoms with Gasteiger partial charge in [-0.05, 0) is 31.9 Å². The van der Waals surface area contributed by atoms with E-state index >= 15 is 0 Å². The molecule has 0 spiro atoms. The molecule has 1 aliphatic carbocycles. The minimum absolute atomic E-state index is 0. The molecule has 2 aromatic heterocycles. The zero-order chi connectivity index (χ0) is 12.6. The SMILES string of the molecule is Cc1cccc(-c2nc(C3(N)CCCC3)no2)n1.Cl. The lowest BCUT2D eigenvalue weighted by Gasteiger charge is -2.17. The Hall–Kier alpha value is -1.46. The Balaban J connectivity index is 0.00000133. The van der Waals surface area contributed by atoms with Gasteiger partial charge < -0.3 is 10.3 Å². The average molecular weight is 281 g/mol. The van der Waals surface area contributed by atoms with Gasteiger partial charge in [-0.15, -0.1) is 12.4 Å². The van der Waals surface area contributed by atoms with Crippen LogP contribution in [0.15, 0.2) is 22.7 Å². The van der Waals surface area contributed by atoms with Crippen LogP contribution in [0.25, 0.3) is 11.6 Å². The third-order valence-corrected chi connectivity index (χ3v) is 3.47. The van der Waals surface area contributed by atoms with Gasteiger partial charge in [-0.3, -0.25) is 0 Å². The summed E-state index contributed by atoms with van der Waals surface area (Å²) >= 11 is 0. The molecule has 3 rings (SSSR count). The summed E-state index contributed by atoms with van der Waals surface area (Å²) in [6.45, 7) is 1.93. The maximum Gasteiger partial charge on any atom is 0.276 e. The van der Waals surface area contributed by atoms with Crippen molar-refractivity contribution in [3.8, 4) is 11.6 Å². The fourth-order valence-electron chi connectivity index (χ4n) is 2.42. The van der Waals surface area contributed by atoms with Crippen LogP contribution in [0.4, 0.5) is 0 Å². The molecular weight excluding hydrogens is 264 g/mol. The molecule has 5 nitrogen and oxygen atoms in total.